The van der Waals surface area contributed by atoms with Crippen molar-refractivity contribution >= 4 is 28.3 Å². The van der Waals surface area contributed by atoms with E-state index in [2.05, 4.69) is 20.1 Å². The summed E-state index contributed by atoms with van der Waals surface area (Å²) in [6, 6.07) is 1.59. The van der Waals surface area contributed by atoms with Gasteiger partial charge in [0.1, 0.15) is 6.54 Å². The molecule has 1 N–H and O–H groups in total. The highest BCUT2D eigenvalue weighted by Gasteiger charge is 2.18. The molecule has 0 aliphatic heterocycles. The zero-order valence-electron chi connectivity index (χ0n) is 14.7. The summed E-state index contributed by atoms with van der Waals surface area (Å²) in [7, 11) is 1.27. The molecule has 1 aliphatic carbocycles. The van der Waals surface area contributed by atoms with Gasteiger partial charge in [-0.1, -0.05) is 6.42 Å². The molecule has 0 spiro atoms. The molecule has 8 nitrogen and oxygen atoms in total. The van der Waals surface area contributed by atoms with Crippen LogP contribution in [0.4, 0.5) is 5.13 Å². The Bertz CT molecular complexity index is 903. The van der Waals surface area contributed by atoms with Crippen LogP contribution >= 0.6 is 11.3 Å². The number of hydrogen-bond donors (Lipinski definition) is 1. The summed E-state index contributed by atoms with van der Waals surface area (Å²) in [4.78, 5) is 40.8. The lowest BCUT2D eigenvalue weighted by atomic mass is 10.1. The number of nitrogens with one attached hydrogen (secondary N) is 1. The van der Waals surface area contributed by atoms with Crippen LogP contribution in [0.2, 0.25) is 0 Å². The molecular formula is C17H20N4O4S. The Morgan fingerprint density at radius 3 is 2.85 bits per heavy atom. The number of carbonyl (C=O) groups is 2. The molecule has 2 heterocycles. The number of amides is 1. The minimum Gasteiger partial charge on any atom is -0.464 e. The van der Waals surface area contributed by atoms with E-state index in [1.807, 2.05) is 0 Å². The Labute approximate surface area is 154 Å². The van der Waals surface area contributed by atoms with Crippen LogP contribution in [0, 0.1) is 6.92 Å². The van der Waals surface area contributed by atoms with Gasteiger partial charge in [0.05, 0.1) is 12.8 Å². The maximum absolute atomic E-state index is 12.3. The fourth-order valence-corrected chi connectivity index (χ4v) is 3.74. The maximum Gasteiger partial charge on any atom is 0.357 e. The van der Waals surface area contributed by atoms with E-state index < -0.39 is 11.9 Å². The molecular weight excluding hydrogens is 356 g/mol. The second-order valence-electron chi connectivity index (χ2n) is 6.14. The highest BCUT2D eigenvalue weighted by Crippen LogP contribution is 2.22. The molecule has 0 unspecified atom stereocenters. The Hall–Kier alpha value is -2.55. The molecule has 2 aromatic rings. The highest BCUT2D eigenvalue weighted by molar-refractivity contribution is 7.16. The van der Waals surface area contributed by atoms with Crippen LogP contribution in [0.15, 0.2) is 10.9 Å². The third-order valence-corrected chi connectivity index (χ3v) is 5.13. The van der Waals surface area contributed by atoms with Gasteiger partial charge in [-0.15, -0.1) is 11.3 Å². The number of carbonyl (C=O) groups excluding carboxylic acids is 2. The number of fused-ring (bicyclic) bond motifs is 1. The van der Waals surface area contributed by atoms with Gasteiger partial charge in [0.25, 0.3) is 5.56 Å². The molecule has 138 valence electrons. The fraction of sp³-hybridized carbons (Fsp3) is 0.471. The molecule has 2 aromatic heterocycles. The van der Waals surface area contributed by atoms with E-state index in [9.17, 15) is 14.4 Å². The van der Waals surface area contributed by atoms with Crippen LogP contribution in [-0.4, -0.2) is 33.8 Å². The monoisotopic (exact) mass is 376 g/mol. The van der Waals surface area contributed by atoms with Gasteiger partial charge in [-0.3, -0.25) is 9.59 Å². The lowest BCUT2D eigenvalue weighted by molar-refractivity contribution is -0.117. The number of esters is 1. The quantitative estimate of drug-likeness (QED) is 0.643. The first-order valence-electron chi connectivity index (χ1n) is 8.43. The summed E-state index contributed by atoms with van der Waals surface area (Å²) in [5, 5.41) is 7.27. The molecule has 1 aliphatic rings. The molecule has 1 amide bonds. The molecule has 0 saturated heterocycles. The van der Waals surface area contributed by atoms with E-state index in [4.69, 9.17) is 0 Å². The molecule has 0 saturated carbocycles. The molecule has 3 rings (SSSR count). The van der Waals surface area contributed by atoms with E-state index in [0.717, 1.165) is 43.4 Å². The first kappa shape index (κ1) is 18.2. The average Bonchev–Trinajstić information content (AvgIpc) is 2.81. The summed E-state index contributed by atoms with van der Waals surface area (Å²) >= 11 is 1.18. The Morgan fingerprint density at radius 2 is 2.08 bits per heavy atom. The second kappa shape index (κ2) is 7.77. The van der Waals surface area contributed by atoms with Gasteiger partial charge in [0, 0.05) is 10.9 Å². The van der Waals surface area contributed by atoms with Gasteiger partial charge >= 0.3 is 5.97 Å². The normalized spacial score (nSPS) is 13.6. The largest absolute Gasteiger partial charge is 0.464 e. The zero-order valence-corrected chi connectivity index (χ0v) is 15.5. The molecule has 0 atom stereocenters. The second-order valence-corrected chi connectivity index (χ2v) is 7.34. The highest BCUT2D eigenvalue weighted by atomic mass is 32.1. The van der Waals surface area contributed by atoms with Crippen molar-refractivity contribution in [2.75, 3.05) is 12.4 Å². The minimum atomic E-state index is -0.553. The third kappa shape index (κ3) is 3.98. The standard InChI is InChI=1S/C17H20N4O4S/c1-10-15(16(24)25-2)19-17(26-10)18-13(22)9-21-14(23)8-11-6-4-3-5-7-12(11)20-21/h8H,3-7,9H2,1-2H3,(H,18,19,22). The lowest BCUT2D eigenvalue weighted by Crippen LogP contribution is -2.30. The molecule has 0 bridgehead atoms. The van der Waals surface area contributed by atoms with Crippen molar-refractivity contribution in [3.8, 4) is 0 Å². The van der Waals surface area contributed by atoms with Crippen LogP contribution < -0.4 is 10.9 Å². The third-order valence-electron chi connectivity index (χ3n) is 4.24. The van der Waals surface area contributed by atoms with Crippen molar-refractivity contribution in [2.24, 2.45) is 0 Å². The smallest absolute Gasteiger partial charge is 0.357 e. The van der Waals surface area contributed by atoms with E-state index in [1.165, 1.54) is 23.1 Å². The number of methoxy groups -OCH3 is 1. The Kier molecular flexibility index (Phi) is 5.46. The number of thiazole rings is 1. The minimum absolute atomic E-state index is 0.174. The topological polar surface area (TPSA) is 103 Å². The van der Waals surface area contributed by atoms with Gasteiger partial charge < -0.3 is 10.1 Å². The Morgan fingerprint density at radius 1 is 1.31 bits per heavy atom. The number of aryl methyl sites for hydroxylation is 3. The summed E-state index contributed by atoms with van der Waals surface area (Å²) in [5.74, 6) is -0.971. The Balaban J connectivity index is 1.73. The molecule has 0 aromatic carbocycles. The molecule has 26 heavy (non-hydrogen) atoms. The van der Waals surface area contributed by atoms with Gasteiger partial charge in [-0.05, 0) is 38.2 Å². The van der Waals surface area contributed by atoms with Crippen molar-refractivity contribution in [1.82, 2.24) is 14.8 Å². The van der Waals surface area contributed by atoms with Crippen LogP contribution in [0.25, 0.3) is 0 Å². The van der Waals surface area contributed by atoms with Gasteiger partial charge in [-0.25, -0.2) is 14.5 Å². The van der Waals surface area contributed by atoms with Crippen molar-refractivity contribution in [1.29, 1.82) is 0 Å². The number of aromatic nitrogens is 3. The van der Waals surface area contributed by atoms with E-state index in [1.54, 1.807) is 13.0 Å². The van der Waals surface area contributed by atoms with Gasteiger partial charge in [0.2, 0.25) is 5.91 Å². The van der Waals surface area contributed by atoms with Crippen molar-refractivity contribution in [3.63, 3.8) is 0 Å². The predicted molar refractivity (Wildman–Crippen MR) is 96.6 cm³/mol. The van der Waals surface area contributed by atoms with Gasteiger partial charge in [-0.2, -0.15) is 5.10 Å². The van der Waals surface area contributed by atoms with Crippen LogP contribution in [0.3, 0.4) is 0 Å². The first-order chi connectivity index (χ1) is 12.5. The predicted octanol–water partition coefficient (Wildman–Crippen LogP) is 1.70. The fourth-order valence-electron chi connectivity index (χ4n) is 2.92. The van der Waals surface area contributed by atoms with Crippen LogP contribution in [-0.2, 0) is 28.9 Å². The summed E-state index contributed by atoms with van der Waals surface area (Å²) in [5.41, 5.74) is 1.77. The van der Waals surface area contributed by atoms with Crippen molar-refractivity contribution < 1.29 is 14.3 Å². The summed E-state index contributed by atoms with van der Waals surface area (Å²) < 4.78 is 5.83. The average molecular weight is 376 g/mol. The number of ether oxygens (including phenoxy) is 1. The first-order valence-corrected chi connectivity index (χ1v) is 9.25. The van der Waals surface area contributed by atoms with Gasteiger partial charge in [0.15, 0.2) is 10.8 Å². The van der Waals surface area contributed by atoms with Crippen molar-refractivity contribution in [2.45, 2.75) is 45.6 Å². The zero-order chi connectivity index (χ0) is 18.7. The molecule has 0 radical (unpaired) electrons. The van der Waals surface area contributed by atoms with Crippen LogP contribution in [0.1, 0.15) is 45.9 Å². The summed E-state index contributed by atoms with van der Waals surface area (Å²) in [6.45, 7) is 1.52. The number of hydrogen-bond acceptors (Lipinski definition) is 7. The molecule has 0 fully saturated rings. The van der Waals surface area contributed by atoms with E-state index in [-0.39, 0.29) is 22.9 Å². The maximum atomic E-state index is 12.3. The molecule has 9 heteroatoms. The van der Waals surface area contributed by atoms with Crippen LogP contribution in [0.5, 0.6) is 0 Å². The number of anilines is 1. The SMILES string of the molecule is COC(=O)c1nc(NC(=O)Cn2nc3c(cc2=O)CCCCC3)sc1C. The number of rotatable bonds is 4. The lowest BCUT2D eigenvalue weighted by Gasteiger charge is -2.09. The summed E-state index contributed by atoms with van der Waals surface area (Å²) in [6.07, 6.45) is 4.91. The number of nitrogens with zero attached hydrogens (tertiary/aromatic N) is 3. The van der Waals surface area contributed by atoms with E-state index >= 15 is 0 Å². The van der Waals surface area contributed by atoms with Crippen molar-refractivity contribution in [3.05, 3.63) is 38.2 Å². The van der Waals surface area contributed by atoms with E-state index in [0.29, 0.717) is 4.88 Å².